The van der Waals surface area contributed by atoms with E-state index in [2.05, 4.69) is 12.1 Å². The lowest BCUT2D eigenvalue weighted by Crippen LogP contribution is -2.38. The van der Waals surface area contributed by atoms with Gasteiger partial charge < -0.3 is 15.2 Å². The van der Waals surface area contributed by atoms with Crippen LogP contribution in [0.3, 0.4) is 0 Å². The Morgan fingerprint density at radius 2 is 2.47 bits per heavy atom. The molecular weight excluding hydrogens is 242 g/mol. The SMILES string of the molecule is CCCC(CN)C(=O)N1CCCC1c1cc(C)no1. The van der Waals surface area contributed by atoms with Gasteiger partial charge in [0.25, 0.3) is 0 Å². The third-order valence-corrected chi connectivity index (χ3v) is 3.78. The minimum Gasteiger partial charge on any atom is -0.359 e. The van der Waals surface area contributed by atoms with Crippen molar-refractivity contribution in [2.45, 2.75) is 45.6 Å². The van der Waals surface area contributed by atoms with E-state index in [0.717, 1.165) is 43.7 Å². The van der Waals surface area contributed by atoms with Crippen LogP contribution in [0.15, 0.2) is 10.6 Å². The zero-order valence-corrected chi connectivity index (χ0v) is 11.8. The van der Waals surface area contributed by atoms with E-state index in [0.29, 0.717) is 6.54 Å². The van der Waals surface area contributed by atoms with Gasteiger partial charge >= 0.3 is 0 Å². The monoisotopic (exact) mass is 265 g/mol. The van der Waals surface area contributed by atoms with Crippen LogP contribution in [0.5, 0.6) is 0 Å². The van der Waals surface area contributed by atoms with Gasteiger partial charge in [0.15, 0.2) is 5.76 Å². The van der Waals surface area contributed by atoms with Crippen molar-refractivity contribution in [3.8, 4) is 0 Å². The highest BCUT2D eigenvalue weighted by Gasteiger charge is 2.35. The van der Waals surface area contributed by atoms with Crippen molar-refractivity contribution >= 4 is 5.91 Å². The van der Waals surface area contributed by atoms with Crippen LogP contribution in [-0.4, -0.2) is 29.1 Å². The van der Waals surface area contributed by atoms with Crippen LogP contribution in [0.1, 0.15) is 50.1 Å². The Morgan fingerprint density at radius 3 is 3.05 bits per heavy atom. The number of carbonyl (C=O) groups is 1. The van der Waals surface area contributed by atoms with Crippen molar-refractivity contribution in [2.75, 3.05) is 13.1 Å². The molecule has 0 spiro atoms. The van der Waals surface area contributed by atoms with Crippen LogP contribution >= 0.6 is 0 Å². The summed E-state index contributed by atoms with van der Waals surface area (Å²) in [6.45, 7) is 5.19. The minimum atomic E-state index is -0.0605. The molecule has 2 heterocycles. The average Bonchev–Trinajstić information content (AvgIpc) is 3.03. The summed E-state index contributed by atoms with van der Waals surface area (Å²) in [5, 5.41) is 3.92. The number of amides is 1. The van der Waals surface area contributed by atoms with Gasteiger partial charge in [-0.1, -0.05) is 18.5 Å². The third-order valence-electron chi connectivity index (χ3n) is 3.78. The summed E-state index contributed by atoms with van der Waals surface area (Å²) in [4.78, 5) is 14.5. The summed E-state index contributed by atoms with van der Waals surface area (Å²) in [5.74, 6) is 0.908. The van der Waals surface area contributed by atoms with Crippen molar-refractivity contribution < 1.29 is 9.32 Å². The molecule has 1 saturated heterocycles. The Hall–Kier alpha value is -1.36. The minimum absolute atomic E-state index is 0.0413. The predicted molar refractivity (Wildman–Crippen MR) is 72.4 cm³/mol. The van der Waals surface area contributed by atoms with E-state index in [9.17, 15) is 4.79 Å². The maximum Gasteiger partial charge on any atom is 0.227 e. The second-order valence-corrected chi connectivity index (χ2v) is 5.28. The molecule has 1 fully saturated rings. The Labute approximate surface area is 114 Å². The second-order valence-electron chi connectivity index (χ2n) is 5.28. The topological polar surface area (TPSA) is 72.4 Å². The molecule has 106 valence electrons. The number of aromatic nitrogens is 1. The fourth-order valence-electron chi connectivity index (χ4n) is 2.79. The van der Waals surface area contributed by atoms with Crippen LogP contribution in [0.4, 0.5) is 0 Å². The van der Waals surface area contributed by atoms with Crippen LogP contribution in [0.2, 0.25) is 0 Å². The lowest BCUT2D eigenvalue weighted by molar-refractivity contribution is -0.136. The smallest absolute Gasteiger partial charge is 0.227 e. The number of likely N-dealkylation sites (tertiary alicyclic amines) is 1. The molecule has 2 atom stereocenters. The quantitative estimate of drug-likeness (QED) is 0.884. The third kappa shape index (κ3) is 2.97. The first kappa shape index (κ1) is 14.1. The molecule has 1 aromatic rings. The maximum absolute atomic E-state index is 12.5. The van der Waals surface area contributed by atoms with Gasteiger partial charge in [-0.3, -0.25) is 4.79 Å². The lowest BCUT2D eigenvalue weighted by atomic mass is 10.0. The number of aryl methyl sites for hydroxylation is 1. The zero-order chi connectivity index (χ0) is 13.8. The van der Waals surface area contributed by atoms with Gasteiger partial charge in [0, 0.05) is 19.2 Å². The molecule has 19 heavy (non-hydrogen) atoms. The lowest BCUT2D eigenvalue weighted by Gasteiger charge is -2.26. The van der Waals surface area contributed by atoms with E-state index in [1.165, 1.54) is 0 Å². The molecule has 0 bridgehead atoms. The fourth-order valence-corrected chi connectivity index (χ4v) is 2.79. The van der Waals surface area contributed by atoms with E-state index < -0.39 is 0 Å². The molecule has 2 N–H and O–H groups in total. The summed E-state index contributed by atoms with van der Waals surface area (Å²) < 4.78 is 5.33. The Bertz CT molecular complexity index is 430. The number of nitrogens with zero attached hydrogens (tertiary/aromatic N) is 2. The molecule has 0 saturated carbocycles. The highest BCUT2D eigenvalue weighted by atomic mass is 16.5. The number of rotatable bonds is 5. The predicted octanol–water partition coefficient (Wildman–Crippen LogP) is 2.02. The number of hydrogen-bond donors (Lipinski definition) is 1. The van der Waals surface area contributed by atoms with Crippen molar-refractivity contribution in [1.29, 1.82) is 0 Å². The Morgan fingerprint density at radius 1 is 1.68 bits per heavy atom. The molecule has 0 aromatic carbocycles. The fraction of sp³-hybridized carbons (Fsp3) is 0.714. The van der Waals surface area contributed by atoms with E-state index in [1.54, 1.807) is 0 Å². The number of hydrogen-bond acceptors (Lipinski definition) is 4. The number of nitrogens with two attached hydrogens (primary N) is 1. The summed E-state index contributed by atoms with van der Waals surface area (Å²) in [7, 11) is 0. The zero-order valence-electron chi connectivity index (χ0n) is 11.8. The first-order chi connectivity index (χ1) is 9.17. The van der Waals surface area contributed by atoms with Crippen LogP contribution in [0, 0.1) is 12.8 Å². The summed E-state index contributed by atoms with van der Waals surface area (Å²) >= 11 is 0. The van der Waals surface area contributed by atoms with Gasteiger partial charge in [0.2, 0.25) is 5.91 Å². The maximum atomic E-state index is 12.5. The second kappa shape index (κ2) is 6.19. The highest BCUT2D eigenvalue weighted by molar-refractivity contribution is 5.79. The number of carbonyl (C=O) groups excluding carboxylic acids is 1. The summed E-state index contributed by atoms with van der Waals surface area (Å²) in [6, 6.07) is 1.97. The Balaban J connectivity index is 2.11. The van der Waals surface area contributed by atoms with E-state index in [1.807, 2.05) is 17.9 Å². The van der Waals surface area contributed by atoms with E-state index in [-0.39, 0.29) is 17.9 Å². The largest absolute Gasteiger partial charge is 0.359 e. The molecule has 2 unspecified atom stereocenters. The molecule has 1 aliphatic heterocycles. The van der Waals surface area contributed by atoms with Gasteiger partial charge in [-0.2, -0.15) is 0 Å². The highest BCUT2D eigenvalue weighted by Crippen LogP contribution is 2.33. The first-order valence-electron chi connectivity index (χ1n) is 7.11. The standard InChI is InChI=1S/C14H23N3O2/c1-3-5-11(9-15)14(18)17-7-4-6-12(17)13-8-10(2)16-19-13/h8,11-12H,3-7,9,15H2,1-2H3. The van der Waals surface area contributed by atoms with Gasteiger partial charge in [0.05, 0.1) is 17.7 Å². The van der Waals surface area contributed by atoms with Crippen LogP contribution in [0.25, 0.3) is 0 Å². The normalized spacial score (nSPS) is 20.8. The van der Waals surface area contributed by atoms with Gasteiger partial charge in [-0.25, -0.2) is 0 Å². The molecule has 1 amide bonds. The molecule has 0 aliphatic carbocycles. The van der Waals surface area contributed by atoms with Gasteiger partial charge in [-0.15, -0.1) is 0 Å². The molecular formula is C14H23N3O2. The molecule has 5 heteroatoms. The van der Waals surface area contributed by atoms with Gasteiger partial charge in [0.1, 0.15) is 0 Å². The average molecular weight is 265 g/mol. The molecule has 2 rings (SSSR count). The molecule has 1 aromatic heterocycles. The molecule has 0 radical (unpaired) electrons. The van der Waals surface area contributed by atoms with Crippen LogP contribution in [-0.2, 0) is 4.79 Å². The first-order valence-corrected chi connectivity index (χ1v) is 7.11. The van der Waals surface area contributed by atoms with Crippen molar-refractivity contribution in [2.24, 2.45) is 11.7 Å². The summed E-state index contributed by atoms with van der Waals surface area (Å²) in [5.41, 5.74) is 6.59. The van der Waals surface area contributed by atoms with Crippen molar-refractivity contribution in [1.82, 2.24) is 10.1 Å². The van der Waals surface area contributed by atoms with Gasteiger partial charge in [-0.05, 0) is 26.2 Å². The van der Waals surface area contributed by atoms with E-state index >= 15 is 0 Å². The van der Waals surface area contributed by atoms with Crippen LogP contribution < -0.4 is 5.73 Å². The van der Waals surface area contributed by atoms with E-state index in [4.69, 9.17) is 10.3 Å². The van der Waals surface area contributed by atoms with Crippen molar-refractivity contribution in [3.63, 3.8) is 0 Å². The molecule has 1 aliphatic rings. The van der Waals surface area contributed by atoms with Crippen molar-refractivity contribution in [3.05, 3.63) is 17.5 Å². The molecule has 5 nitrogen and oxygen atoms in total. The summed E-state index contributed by atoms with van der Waals surface area (Å²) in [6.07, 6.45) is 3.80. The Kier molecular flexibility index (Phi) is 4.58.